The predicted octanol–water partition coefficient (Wildman–Crippen LogP) is 7.68. The van der Waals surface area contributed by atoms with Crippen molar-refractivity contribution < 1.29 is 14.3 Å². The number of benzene rings is 1. The van der Waals surface area contributed by atoms with Gasteiger partial charge in [0.25, 0.3) is 0 Å². The molecule has 0 aliphatic heterocycles. The fraction of sp³-hybridized carbons (Fsp3) is 0.455. The van der Waals surface area contributed by atoms with Crippen LogP contribution >= 0.6 is 0 Å². The van der Waals surface area contributed by atoms with Gasteiger partial charge in [0.15, 0.2) is 0 Å². The van der Waals surface area contributed by atoms with Gasteiger partial charge < -0.3 is 9.64 Å². The van der Waals surface area contributed by atoms with E-state index in [1.165, 1.54) is 4.90 Å². The maximum absolute atomic E-state index is 13.6. The summed E-state index contributed by atoms with van der Waals surface area (Å²) >= 11 is 0. The molecule has 0 aromatic heterocycles. The number of allylic oxidation sites excluding steroid dienone is 6. The van der Waals surface area contributed by atoms with Crippen molar-refractivity contribution in [2.24, 2.45) is 5.92 Å². The van der Waals surface area contributed by atoms with Crippen molar-refractivity contribution in [3.05, 3.63) is 84.0 Å². The van der Waals surface area contributed by atoms with Crippen LogP contribution in [0.25, 0.3) is 11.6 Å². The van der Waals surface area contributed by atoms with E-state index in [9.17, 15) is 9.59 Å². The minimum absolute atomic E-state index is 0.0743. The summed E-state index contributed by atoms with van der Waals surface area (Å²) in [6.45, 7) is 18.4. The fourth-order valence-electron chi connectivity index (χ4n) is 4.51. The summed E-state index contributed by atoms with van der Waals surface area (Å²) in [5.41, 5.74) is 4.74. The van der Waals surface area contributed by atoms with Crippen LogP contribution in [0.1, 0.15) is 71.4 Å². The lowest BCUT2D eigenvalue weighted by atomic mass is 9.92. The molecule has 5 heteroatoms. The van der Waals surface area contributed by atoms with Gasteiger partial charge >= 0.3 is 6.09 Å². The molecule has 0 heterocycles. The van der Waals surface area contributed by atoms with Gasteiger partial charge in [0.2, 0.25) is 5.91 Å². The van der Waals surface area contributed by atoms with Crippen LogP contribution in [0.2, 0.25) is 0 Å². The lowest BCUT2D eigenvalue weighted by Gasteiger charge is -2.32. The Kier molecular flexibility index (Phi) is 11.4. The van der Waals surface area contributed by atoms with E-state index >= 15 is 0 Å². The second-order valence-corrected chi connectivity index (χ2v) is 11.3. The van der Waals surface area contributed by atoms with E-state index in [-0.39, 0.29) is 5.91 Å². The van der Waals surface area contributed by atoms with Crippen LogP contribution in [0.3, 0.4) is 0 Å². The zero-order valence-electron chi connectivity index (χ0n) is 24.4. The number of amides is 2. The Morgan fingerprint density at radius 1 is 1.03 bits per heavy atom. The molecule has 1 aromatic rings. The number of nitrogens with zero attached hydrogens (tertiary/aromatic N) is 2. The molecule has 38 heavy (non-hydrogen) atoms. The molecule has 2 rings (SSSR count). The molecule has 0 N–H and O–H groups in total. The highest BCUT2D eigenvalue weighted by molar-refractivity contribution is 5.90. The van der Waals surface area contributed by atoms with Crippen LogP contribution in [-0.4, -0.2) is 54.1 Å². The highest BCUT2D eigenvalue weighted by atomic mass is 16.6. The van der Waals surface area contributed by atoms with Gasteiger partial charge in [-0.25, -0.2) is 4.79 Å². The second kappa shape index (κ2) is 14.0. The second-order valence-electron chi connectivity index (χ2n) is 11.3. The number of ether oxygens (including phenoxy) is 1. The first-order valence-electron chi connectivity index (χ1n) is 13.6. The number of rotatable bonds is 11. The third-order valence-electron chi connectivity index (χ3n) is 6.60. The topological polar surface area (TPSA) is 49.9 Å². The van der Waals surface area contributed by atoms with Crippen molar-refractivity contribution in [2.75, 3.05) is 20.6 Å². The first kappa shape index (κ1) is 30.9. The number of likely N-dealkylation sites (N-methyl/N-ethyl adjacent to an activating group) is 2. The Morgan fingerprint density at radius 2 is 1.71 bits per heavy atom. The molecule has 206 valence electrons. The highest BCUT2D eigenvalue weighted by Crippen LogP contribution is 2.34. The SMILES string of the molecule is C=CC1=C(C=C)/C(=C/CCN(C)C(=O)[C@H](CCCC(C)C)N(C)C(=O)OC(C)(C)C)c2ccccc2C=C1. The van der Waals surface area contributed by atoms with Gasteiger partial charge in [0, 0.05) is 20.6 Å². The number of hydrogen-bond donors (Lipinski definition) is 0. The smallest absolute Gasteiger partial charge is 0.410 e. The van der Waals surface area contributed by atoms with Gasteiger partial charge in [-0.2, -0.15) is 0 Å². The van der Waals surface area contributed by atoms with Crippen molar-refractivity contribution >= 4 is 23.6 Å². The van der Waals surface area contributed by atoms with E-state index in [1.54, 1.807) is 19.0 Å². The molecule has 0 saturated heterocycles. The fourth-order valence-corrected chi connectivity index (χ4v) is 4.51. The zero-order chi connectivity index (χ0) is 28.5. The minimum atomic E-state index is -0.626. The molecule has 0 fully saturated rings. The monoisotopic (exact) mass is 518 g/mol. The van der Waals surface area contributed by atoms with E-state index in [4.69, 9.17) is 4.74 Å². The zero-order valence-corrected chi connectivity index (χ0v) is 24.4. The summed E-state index contributed by atoms with van der Waals surface area (Å²) in [6.07, 6.45) is 12.7. The summed E-state index contributed by atoms with van der Waals surface area (Å²) in [6, 6.07) is 7.69. The summed E-state index contributed by atoms with van der Waals surface area (Å²) < 4.78 is 5.57. The molecule has 1 aromatic carbocycles. The number of carbonyl (C=O) groups excluding carboxylic acids is 2. The summed E-state index contributed by atoms with van der Waals surface area (Å²) in [5, 5.41) is 0. The Bertz CT molecular complexity index is 1100. The van der Waals surface area contributed by atoms with E-state index in [1.807, 2.05) is 45.1 Å². The van der Waals surface area contributed by atoms with Gasteiger partial charge in [-0.3, -0.25) is 9.69 Å². The van der Waals surface area contributed by atoms with Gasteiger partial charge in [-0.15, -0.1) is 0 Å². The van der Waals surface area contributed by atoms with Crippen molar-refractivity contribution in [1.82, 2.24) is 9.80 Å². The average Bonchev–Trinajstić information content (AvgIpc) is 3.01. The van der Waals surface area contributed by atoms with Crippen LogP contribution in [0.5, 0.6) is 0 Å². The summed E-state index contributed by atoms with van der Waals surface area (Å²) in [7, 11) is 3.47. The highest BCUT2D eigenvalue weighted by Gasteiger charge is 2.31. The summed E-state index contributed by atoms with van der Waals surface area (Å²) in [4.78, 5) is 29.6. The van der Waals surface area contributed by atoms with Crippen LogP contribution in [0, 0.1) is 5.92 Å². The Hall–Kier alpha value is -3.34. The molecular formula is C33H46N2O3. The number of hydrogen-bond acceptors (Lipinski definition) is 3. The molecule has 2 amide bonds. The van der Waals surface area contributed by atoms with Crippen molar-refractivity contribution in [3.8, 4) is 0 Å². The molecule has 5 nitrogen and oxygen atoms in total. The van der Waals surface area contributed by atoms with E-state index in [0.29, 0.717) is 25.3 Å². The molecule has 1 atom stereocenters. The third kappa shape index (κ3) is 8.61. The molecule has 1 aliphatic carbocycles. The lowest BCUT2D eigenvalue weighted by molar-refractivity contribution is -0.135. The standard InChI is InChI=1S/C33H46N2O3/c1-10-25-21-22-26-17-12-13-18-28(26)29(27(25)11-2)19-15-23-34(8)31(36)30(20-14-16-24(3)4)35(9)32(37)38-33(5,6)7/h10-13,17-19,21-22,24,30H,1-2,14-16,20,23H2,3-9H3/b29-19-/t30-/m0/s1. The first-order valence-corrected chi connectivity index (χ1v) is 13.6. The maximum atomic E-state index is 13.6. The third-order valence-corrected chi connectivity index (χ3v) is 6.60. The molecule has 0 spiro atoms. The normalized spacial score (nSPS) is 15.1. The molecule has 0 unspecified atom stereocenters. The molecule has 0 saturated carbocycles. The van der Waals surface area contributed by atoms with Gasteiger partial charge in [0.05, 0.1) is 0 Å². The Balaban J connectivity index is 2.25. The predicted molar refractivity (Wildman–Crippen MR) is 160 cm³/mol. The quantitative estimate of drug-likeness (QED) is 0.302. The molecule has 0 bridgehead atoms. The first-order chi connectivity index (χ1) is 17.9. The largest absolute Gasteiger partial charge is 0.444 e. The maximum Gasteiger partial charge on any atom is 0.410 e. The van der Waals surface area contributed by atoms with Crippen molar-refractivity contribution in [2.45, 2.75) is 71.9 Å². The Morgan fingerprint density at radius 3 is 2.32 bits per heavy atom. The molecule has 0 radical (unpaired) electrons. The minimum Gasteiger partial charge on any atom is -0.444 e. The van der Waals surface area contributed by atoms with Crippen LogP contribution in [0.15, 0.2) is 72.9 Å². The van der Waals surface area contributed by atoms with Crippen LogP contribution in [0.4, 0.5) is 4.79 Å². The van der Waals surface area contributed by atoms with Crippen LogP contribution in [-0.2, 0) is 9.53 Å². The van der Waals surface area contributed by atoms with Crippen LogP contribution < -0.4 is 0 Å². The Labute approximate surface area is 230 Å². The van der Waals surface area contributed by atoms with Crippen molar-refractivity contribution in [3.63, 3.8) is 0 Å². The van der Waals surface area contributed by atoms with Gasteiger partial charge in [0.1, 0.15) is 11.6 Å². The molecule has 1 aliphatic rings. The molecular weight excluding hydrogens is 472 g/mol. The van der Waals surface area contributed by atoms with E-state index in [2.05, 4.69) is 57.4 Å². The van der Waals surface area contributed by atoms with E-state index in [0.717, 1.165) is 40.7 Å². The lowest BCUT2D eigenvalue weighted by Crippen LogP contribution is -2.49. The van der Waals surface area contributed by atoms with Crippen molar-refractivity contribution in [1.29, 1.82) is 0 Å². The average molecular weight is 519 g/mol. The van der Waals surface area contributed by atoms with Gasteiger partial charge in [-0.1, -0.05) is 94.5 Å². The van der Waals surface area contributed by atoms with E-state index < -0.39 is 17.7 Å². The summed E-state index contributed by atoms with van der Waals surface area (Å²) in [5.74, 6) is 0.459. The number of carbonyl (C=O) groups is 2. The number of fused-ring (bicyclic) bond motifs is 1. The van der Waals surface area contributed by atoms with Gasteiger partial charge in [-0.05, 0) is 67.4 Å².